The number of thioether (sulfide) groups is 1. The van der Waals surface area contributed by atoms with Crippen molar-refractivity contribution in [1.29, 1.82) is 5.26 Å². The fourth-order valence-corrected chi connectivity index (χ4v) is 1.68. The third kappa shape index (κ3) is 5.56. The number of hydrogen-bond acceptors (Lipinski definition) is 3. The van der Waals surface area contributed by atoms with Crippen molar-refractivity contribution < 1.29 is 4.74 Å². The summed E-state index contributed by atoms with van der Waals surface area (Å²) in [6.45, 7) is 0.681. The maximum Gasteiger partial charge on any atom is 0.119 e. The summed E-state index contributed by atoms with van der Waals surface area (Å²) in [5, 5.41) is 9.03. The SMILES string of the molecule is N#CCSCCCOc1ccc(Cl)cc1. The molecule has 0 saturated carbocycles. The molecule has 0 amide bonds. The molecule has 1 aromatic carbocycles. The number of hydrogen-bond donors (Lipinski definition) is 0. The number of halogens is 1. The van der Waals surface area contributed by atoms with Gasteiger partial charge in [-0.15, -0.1) is 11.8 Å². The molecular weight excluding hydrogens is 230 g/mol. The van der Waals surface area contributed by atoms with Gasteiger partial charge in [-0.25, -0.2) is 0 Å². The van der Waals surface area contributed by atoms with Gasteiger partial charge in [0.05, 0.1) is 18.4 Å². The Labute approximate surface area is 99.2 Å². The molecule has 0 N–H and O–H groups in total. The first-order valence-electron chi connectivity index (χ1n) is 4.66. The Morgan fingerprint density at radius 3 is 2.73 bits per heavy atom. The first-order valence-corrected chi connectivity index (χ1v) is 6.19. The molecule has 0 atom stereocenters. The van der Waals surface area contributed by atoms with Crippen molar-refractivity contribution in [3.63, 3.8) is 0 Å². The quantitative estimate of drug-likeness (QED) is 0.716. The van der Waals surface area contributed by atoms with E-state index in [1.807, 2.05) is 12.1 Å². The molecule has 15 heavy (non-hydrogen) atoms. The highest BCUT2D eigenvalue weighted by molar-refractivity contribution is 7.99. The van der Waals surface area contributed by atoms with Crippen LogP contribution in [0.2, 0.25) is 5.02 Å². The average Bonchev–Trinajstić information content (AvgIpc) is 2.26. The Bertz CT molecular complexity index is 320. The van der Waals surface area contributed by atoms with Crippen molar-refractivity contribution in [3.8, 4) is 11.8 Å². The summed E-state index contributed by atoms with van der Waals surface area (Å²) in [6.07, 6.45) is 0.953. The second-order valence-electron chi connectivity index (χ2n) is 2.87. The molecular formula is C11H12ClNOS. The van der Waals surface area contributed by atoms with Crippen LogP contribution >= 0.6 is 23.4 Å². The first kappa shape index (κ1) is 12.2. The van der Waals surface area contributed by atoms with E-state index in [9.17, 15) is 0 Å². The summed E-state index contributed by atoms with van der Waals surface area (Å²) in [4.78, 5) is 0. The normalized spacial score (nSPS) is 9.60. The predicted octanol–water partition coefficient (Wildman–Crippen LogP) is 3.37. The van der Waals surface area contributed by atoms with Crippen LogP contribution < -0.4 is 4.74 Å². The molecule has 0 radical (unpaired) electrons. The second kappa shape index (κ2) is 7.44. The summed E-state index contributed by atoms with van der Waals surface area (Å²) in [6, 6.07) is 9.41. The highest BCUT2D eigenvalue weighted by atomic mass is 35.5. The van der Waals surface area contributed by atoms with E-state index in [2.05, 4.69) is 6.07 Å². The molecule has 80 valence electrons. The number of benzene rings is 1. The average molecular weight is 242 g/mol. The van der Waals surface area contributed by atoms with Gasteiger partial charge >= 0.3 is 0 Å². The largest absolute Gasteiger partial charge is 0.494 e. The standard InChI is InChI=1S/C11H12ClNOS/c12-10-2-4-11(5-3-10)14-7-1-8-15-9-6-13/h2-5H,1,7-9H2. The van der Waals surface area contributed by atoms with Gasteiger partial charge in [-0.05, 0) is 36.4 Å². The molecule has 0 spiro atoms. The van der Waals surface area contributed by atoms with Crippen LogP contribution in [-0.2, 0) is 0 Å². The monoisotopic (exact) mass is 241 g/mol. The van der Waals surface area contributed by atoms with E-state index in [0.717, 1.165) is 17.9 Å². The first-order chi connectivity index (χ1) is 7.33. The molecule has 2 nitrogen and oxygen atoms in total. The minimum absolute atomic E-state index is 0.556. The molecule has 0 heterocycles. The summed E-state index contributed by atoms with van der Waals surface area (Å²) in [7, 11) is 0. The topological polar surface area (TPSA) is 33.0 Å². The molecule has 0 aliphatic rings. The van der Waals surface area contributed by atoms with Gasteiger partial charge in [-0.3, -0.25) is 0 Å². The molecule has 1 aromatic rings. The van der Waals surface area contributed by atoms with E-state index in [-0.39, 0.29) is 0 Å². The van der Waals surface area contributed by atoms with E-state index in [1.165, 1.54) is 0 Å². The molecule has 0 bridgehead atoms. The van der Waals surface area contributed by atoms with Crippen LogP contribution in [-0.4, -0.2) is 18.1 Å². The Morgan fingerprint density at radius 2 is 2.07 bits per heavy atom. The summed E-state index contributed by atoms with van der Waals surface area (Å²) in [5.74, 6) is 2.35. The molecule has 0 aliphatic heterocycles. The lowest BCUT2D eigenvalue weighted by molar-refractivity contribution is 0.319. The van der Waals surface area contributed by atoms with Gasteiger partial charge in [-0.1, -0.05) is 11.6 Å². The van der Waals surface area contributed by atoms with Gasteiger partial charge in [0.25, 0.3) is 0 Å². The minimum atomic E-state index is 0.556. The number of ether oxygens (including phenoxy) is 1. The molecule has 0 unspecified atom stereocenters. The van der Waals surface area contributed by atoms with Crippen LogP contribution in [0.5, 0.6) is 5.75 Å². The van der Waals surface area contributed by atoms with E-state index in [1.54, 1.807) is 23.9 Å². The van der Waals surface area contributed by atoms with Crippen molar-refractivity contribution in [2.45, 2.75) is 6.42 Å². The molecule has 4 heteroatoms. The van der Waals surface area contributed by atoms with Gasteiger partial charge in [0.2, 0.25) is 0 Å². The maximum absolute atomic E-state index is 8.31. The second-order valence-corrected chi connectivity index (χ2v) is 4.41. The van der Waals surface area contributed by atoms with Gasteiger partial charge in [0.1, 0.15) is 5.75 Å². The molecule has 0 aromatic heterocycles. The zero-order valence-corrected chi connectivity index (χ0v) is 9.85. The lowest BCUT2D eigenvalue weighted by Gasteiger charge is -2.05. The third-order valence-corrected chi connectivity index (χ3v) is 2.84. The lowest BCUT2D eigenvalue weighted by Crippen LogP contribution is -1.98. The Morgan fingerprint density at radius 1 is 1.33 bits per heavy atom. The van der Waals surface area contributed by atoms with Crippen LogP contribution in [0.4, 0.5) is 0 Å². The Kier molecular flexibility index (Phi) is 6.06. The van der Waals surface area contributed by atoms with Crippen molar-refractivity contribution in [1.82, 2.24) is 0 Å². The van der Waals surface area contributed by atoms with Crippen LogP contribution in [0.15, 0.2) is 24.3 Å². The fourth-order valence-electron chi connectivity index (χ4n) is 1.000. The van der Waals surface area contributed by atoms with E-state index >= 15 is 0 Å². The van der Waals surface area contributed by atoms with E-state index in [0.29, 0.717) is 17.4 Å². The summed E-state index contributed by atoms with van der Waals surface area (Å²) < 4.78 is 5.49. The van der Waals surface area contributed by atoms with Crippen molar-refractivity contribution in [2.75, 3.05) is 18.1 Å². The van der Waals surface area contributed by atoms with Gasteiger partial charge in [0, 0.05) is 5.02 Å². The maximum atomic E-state index is 8.31. The lowest BCUT2D eigenvalue weighted by atomic mass is 10.3. The van der Waals surface area contributed by atoms with E-state index < -0.39 is 0 Å². The summed E-state index contributed by atoms with van der Waals surface area (Å²) >= 11 is 7.37. The smallest absolute Gasteiger partial charge is 0.119 e. The van der Waals surface area contributed by atoms with Crippen molar-refractivity contribution in [3.05, 3.63) is 29.3 Å². The minimum Gasteiger partial charge on any atom is -0.494 e. The van der Waals surface area contributed by atoms with Crippen LogP contribution in [0.1, 0.15) is 6.42 Å². The van der Waals surface area contributed by atoms with Crippen LogP contribution in [0, 0.1) is 11.3 Å². The number of rotatable bonds is 6. The fraction of sp³-hybridized carbons (Fsp3) is 0.364. The third-order valence-electron chi connectivity index (χ3n) is 1.68. The number of nitriles is 1. The molecule has 0 aliphatic carbocycles. The summed E-state index contributed by atoms with van der Waals surface area (Å²) in [5.41, 5.74) is 0. The Balaban J connectivity index is 2.10. The van der Waals surface area contributed by atoms with Gasteiger partial charge in [-0.2, -0.15) is 5.26 Å². The van der Waals surface area contributed by atoms with Crippen molar-refractivity contribution in [2.24, 2.45) is 0 Å². The van der Waals surface area contributed by atoms with E-state index in [4.69, 9.17) is 21.6 Å². The van der Waals surface area contributed by atoms with Gasteiger partial charge in [0.15, 0.2) is 0 Å². The predicted molar refractivity (Wildman–Crippen MR) is 64.5 cm³/mol. The zero-order chi connectivity index (χ0) is 10.9. The number of nitrogens with zero attached hydrogens (tertiary/aromatic N) is 1. The Hall–Kier alpha value is -0.850. The zero-order valence-electron chi connectivity index (χ0n) is 8.28. The van der Waals surface area contributed by atoms with Crippen molar-refractivity contribution >= 4 is 23.4 Å². The molecule has 1 rings (SSSR count). The molecule has 0 fully saturated rings. The molecule has 0 saturated heterocycles. The highest BCUT2D eigenvalue weighted by Crippen LogP contribution is 2.15. The van der Waals surface area contributed by atoms with Crippen LogP contribution in [0.25, 0.3) is 0 Å². The van der Waals surface area contributed by atoms with Crippen LogP contribution in [0.3, 0.4) is 0 Å². The highest BCUT2D eigenvalue weighted by Gasteiger charge is 1.94. The van der Waals surface area contributed by atoms with Gasteiger partial charge < -0.3 is 4.74 Å².